The summed E-state index contributed by atoms with van der Waals surface area (Å²) in [6.07, 6.45) is 0. The molecule has 3 nitrogen and oxygen atoms in total. The van der Waals surface area contributed by atoms with Gasteiger partial charge in [-0.1, -0.05) is 28.1 Å². The topological polar surface area (TPSA) is 42.2 Å². The largest absolute Gasteiger partial charge is 0.466 e. The van der Waals surface area contributed by atoms with Crippen molar-refractivity contribution in [3.05, 3.63) is 57.5 Å². The first-order chi connectivity index (χ1) is 8.56. The minimum atomic E-state index is -0.104. The van der Waals surface area contributed by atoms with Crippen molar-refractivity contribution in [1.29, 1.82) is 0 Å². The molecule has 1 aromatic heterocycles. The summed E-state index contributed by atoms with van der Waals surface area (Å²) in [5, 5.41) is 2.87. The summed E-state index contributed by atoms with van der Waals surface area (Å²) in [5.41, 5.74) is 1.66. The van der Waals surface area contributed by atoms with E-state index in [1.165, 1.54) is 0 Å². The maximum Gasteiger partial charge on any atom is 0.255 e. The molecule has 1 amide bonds. The molecule has 0 fully saturated rings. The fourth-order valence-electron chi connectivity index (χ4n) is 1.74. The summed E-state index contributed by atoms with van der Waals surface area (Å²) in [6.45, 7) is 4.13. The van der Waals surface area contributed by atoms with Gasteiger partial charge in [-0.3, -0.25) is 4.79 Å². The van der Waals surface area contributed by atoms with E-state index in [0.29, 0.717) is 17.9 Å². The predicted molar refractivity (Wildman–Crippen MR) is 73.5 cm³/mol. The van der Waals surface area contributed by atoms with E-state index in [0.717, 1.165) is 15.8 Å². The van der Waals surface area contributed by atoms with Crippen molar-refractivity contribution in [3.63, 3.8) is 0 Å². The molecule has 0 saturated heterocycles. The van der Waals surface area contributed by atoms with E-state index in [1.807, 2.05) is 31.2 Å². The predicted octanol–water partition coefficient (Wildman–Crippen LogP) is 3.59. The van der Waals surface area contributed by atoms with Crippen molar-refractivity contribution in [3.8, 4) is 0 Å². The van der Waals surface area contributed by atoms with E-state index in [4.69, 9.17) is 4.42 Å². The zero-order valence-electron chi connectivity index (χ0n) is 10.3. The van der Waals surface area contributed by atoms with Gasteiger partial charge in [-0.15, -0.1) is 0 Å². The van der Waals surface area contributed by atoms with Crippen LogP contribution in [-0.2, 0) is 6.54 Å². The van der Waals surface area contributed by atoms with Crippen LogP contribution in [0.1, 0.15) is 27.4 Å². The number of hydrogen-bond donors (Lipinski definition) is 1. The van der Waals surface area contributed by atoms with Gasteiger partial charge < -0.3 is 9.73 Å². The minimum absolute atomic E-state index is 0.104. The van der Waals surface area contributed by atoms with Gasteiger partial charge in [-0.25, -0.2) is 0 Å². The standard InChI is InChI=1S/C14H14BrNO2/c1-9-7-13(10(2)18-9)14(17)16-8-11-3-5-12(15)6-4-11/h3-7H,8H2,1-2H3,(H,16,17). The van der Waals surface area contributed by atoms with E-state index in [1.54, 1.807) is 13.0 Å². The van der Waals surface area contributed by atoms with Crippen LogP contribution in [0.25, 0.3) is 0 Å². The maximum absolute atomic E-state index is 11.9. The highest BCUT2D eigenvalue weighted by Gasteiger charge is 2.12. The van der Waals surface area contributed by atoms with Crippen LogP contribution in [0.5, 0.6) is 0 Å². The summed E-state index contributed by atoms with van der Waals surface area (Å²) in [7, 11) is 0. The SMILES string of the molecule is Cc1cc(C(=O)NCc2ccc(Br)cc2)c(C)o1. The number of furan rings is 1. The van der Waals surface area contributed by atoms with Crippen molar-refractivity contribution in [2.45, 2.75) is 20.4 Å². The number of hydrogen-bond acceptors (Lipinski definition) is 2. The molecular weight excluding hydrogens is 294 g/mol. The Morgan fingerprint density at radius 2 is 1.94 bits per heavy atom. The van der Waals surface area contributed by atoms with Crippen LogP contribution in [0.15, 0.2) is 39.2 Å². The monoisotopic (exact) mass is 307 g/mol. The van der Waals surface area contributed by atoms with Gasteiger partial charge in [0.05, 0.1) is 5.56 Å². The Morgan fingerprint density at radius 3 is 2.50 bits per heavy atom. The lowest BCUT2D eigenvalue weighted by molar-refractivity contribution is 0.0949. The van der Waals surface area contributed by atoms with E-state index in [9.17, 15) is 4.79 Å². The van der Waals surface area contributed by atoms with Crippen molar-refractivity contribution < 1.29 is 9.21 Å². The summed E-state index contributed by atoms with van der Waals surface area (Å²) in [4.78, 5) is 11.9. The number of aryl methyl sites for hydroxylation is 2. The summed E-state index contributed by atoms with van der Waals surface area (Å²) < 4.78 is 6.36. The lowest BCUT2D eigenvalue weighted by atomic mass is 10.2. The number of amides is 1. The second-order valence-electron chi connectivity index (χ2n) is 4.14. The summed E-state index contributed by atoms with van der Waals surface area (Å²) >= 11 is 3.37. The van der Waals surface area contributed by atoms with Gasteiger partial charge in [0.25, 0.3) is 5.91 Å². The van der Waals surface area contributed by atoms with Crippen LogP contribution < -0.4 is 5.32 Å². The Morgan fingerprint density at radius 1 is 1.28 bits per heavy atom. The van der Waals surface area contributed by atoms with Crippen LogP contribution >= 0.6 is 15.9 Å². The Balaban J connectivity index is 2.00. The number of rotatable bonds is 3. The van der Waals surface area contributed by atoms with Crippen molar-refractivity contribution >= 4 is 21.8 Å². The molecule has 0 aliphatic heterocycles. The Hall–Kier alpha value is -1.55. The number of benzene rings is 1. The third-order valence-corrected chi connectivity index (χ3v) is 3.18. The Kier molecular flexibility index (Phi) is 3.87. The molecule has 0 aliphatic rings. The maximum atomic E-state index is 11.9. The van der Waals surface area contributed by atoms with Gasteiger partial charge in [-0.2, -0.15) is 0 Å². The van der Waals surface area contributed by atoms with Crippen molar-refractivity contribution in [1.82, 2.24) is 5.32 Å². The van der Waals surface area contributed by atoms with Crippen molar-refractivity contribution in [2.24, 2.45) is 0 Å². The fourth-order valence-corrected chi connectivity index (χ4v) is 2.00. The second kappa shape index (κ2) is 5.40. The fraction of sp³-hybridized carbons (Fsp3) is 0.214. The highest BCUT2D eigenvalue weighted by Crippen LogP contribution is 2.14. The average Bonchev–Trinajstić information content (AvgIpc) is 2.67. The van der Waals surface area contributed by atoms with Crippen molar-refractivity contribution in [2.75, 3.05) is 0 Å². The van der Waals surface area contributed by atoms with Gasteiger partial charge in [0.1, 0.15) is 11.5 Å². The Bertz CT molecular complexity index is 558. The molecule has 0 radical (unpaired) electrons. The van der Waals surface area contributed by atoms with Crippen LogP contribution in [0, 0.1) is 13.8 Å². The highest BCUT2D eigenvalue weighted by atomic mass is 79.9. The van der Waals surface area contributed by atoms with E-state index in [-0.39, 0.29) is 5.91 Å². The molecule has 0 spiro atoms. The van der Waals surface area contributed by atoms with Crippen LogP contribution in [0.2, 0.25) is 0 Å². The van der Waals surface area contributed by atoms with E-state index < -0.39 is 0 Å². The molecule has 4 heteroatoms. The molecule has 0 saturated carbocycles. The first-order valence-corrected chi connectivity index (χ1v) is 6.45. The molecule has 1 heterocycles. The molecule has 0 aliphatic carbocycles. The molecule has 2 rings (SSSR count). The van der Waals surface area contributed by atoms with Gasteiger partial charge in [0.15, 0.2) is 0 Å². The smallest absolute Gasteiger partial charge is 0.255 e. The van der Waals surface area contributed by atoms with Gasteiger partial charge in [0, 0.05) is 11.0 Å². The lowest BCUT2D eigenvalue weighted by Crippen LogP contribution is -2.22. The van der Waals surface area contributed by atoms with Crippen LogP contribution in [0.4, 0.5) is 0 Å². The third-order valence-electron chi connectivity index (χ3n) is 2.65. The molecule has 18 heavy (non-hydrogen) atoms. The zero-order chi connectivity index (χ0) is 13.1. The first-order valence-electron chi connectivity index (χ1n) is 5.66. The quantitative estimate of drug-likeness (QED) is 0.941. The van der Waals surface area contributed by atoms with E-state index >= 15 is 0 Å². The van der Waals surface area contributed by atoms with Gasteiger partial charge in [-0.05, 0) is 37.6 Å². The summed E-state index contributed by atoms with van der Waals surface area (Å²) in [6, 6.07) is 9.60. The van der Waals surface area contributed by atoms with E-state index in [2.05, 4.69) is 21.2 Å². The van der Waals surface area contributed by atoms with Gasteiger partial charge >= 0.3 is 0 Å². The van der Waals surface area contributed by atoms with Crippen LogP contribution in [-0.4, -0.2) is 5.91 Å². The third kappa shape index (κ3) is 3.01. The zero-order valence-corrected chi connectivity index (χ0v) is 11.9. The molecule has 94 valence electrons. The molecular formula is C14H14BrNO2. The first kappa shape index (κ1) is 12.9. The normalized spacial score (nSPS) is 10.4. The molecule has 0 bridgehead atoms. The second-order valence-corrected chi connectivity index (χ2v) is 5.05. The molecule has 1 aromatic carbocycles. The van der Waals surface area contributed by atoms with Gasteiger partial charge in [0.2, 0.25) is 0 Å². The molecule has 0 atom stereocenters. The minimum Gasteiger partial charge on any atom is -0.466 e. The van der Waals surface area contributed by atoms with Crippen LogP contribution in [0.3, 0.4) is 0 Å². The number of carbonyl (C=O) groups excluding carboxylic acids is 1. The average molecular weight is 308 g/mol. The lowest BCUT2D eigenvalue weighted by Gasteiger charge is -2.04. The molecule has 2 aromatic rings. The number of halogens is 1. The Labute approximate surface area is 114 Å². The molecule has 0 unspecified atom stereocenters. The number of nitrogens with one attached hydrogen (secondary N) is 1. The molecule has 1 N–H and O–H groups in total. The highest BCUT2D eigenvalue weighted by molar-refractivity contribution is 9.10. The number of carbonyl (C=O) groups is 1. The summed E-state index contributed by atoms with van der Waals surface area (Å²) in [5.74, 6) is 1.30.